The van der Waals surface area contributed by atoms with Crippen LogP contribution >= 0.6 is 10.7 Å². The number of aromatic nitrogens is 1. The number of anilines is 1. The zero-order valence-corrected chi connectivity index (χ0v) is 75.9. The van der Waals surface area contributed by atoms with Gasteiger partial charge >= 0.3 is 0 Å². The SMILES string of the molecule is C#CC1=NO[C@H]([C@@H](CO[Si](c2ccccc2)(c2ccccc2)C(C)(C)C)OC[C@@H](O)COCc2ccccc2)C1.C#CC1=NO[C@H]([C@@H](CO[Si](c2ccccc2)(c2ccccc2)C(C)(C)C)OC[C@H](COCc2ccccc2)OS(=O)(=O)c2ccc(C)cc2)C1.CCN(C(C)C)C(C)C.CN(C)c1ccncc1.Cc1ccc(S(=O)(=O)Cl)cc1. The van der Waals surface area contributed by atoms with Crippen molar-refractivity contribution in [2.75, 3.05) is 65.2 Å². The van der Waals surface area contributed by atoms with E-state index in [-0.39, 0.29) is 66.1 Å². The van der Waals surface area contributed by atoms with Crippen LogP contribution in [0.3, 0.4) is 0 Å². The van der Waals surface area contributed by atoms with Gasteiger partial charge < -0.3 is 47.5 Å². The molecule has 0 saturated carbocycles. The van der Waals surface area contributed by atoms with Crippen molar-refractivity contribution in [1.82, 2.24) is 9.88 Å². The standard InChI is InChI=1S/C40H45NO7SSi.C33H39NO5Si.C8H19N.C7H7ClO2S.C7H10N2/c1-6-33-26-38(47-41-33)39(30-46-50(40(3,4)5,36-18-12-8-13-19-36)37-20-14-9-15-21-37)45-29-34(28-44-27-32-16-10-7-11-17-32)48-49(42,43)35-24-22-31(2)23-25-35;1-5-27-21-31(39-34-27)32(37-24-28(35)23-36-22-26-15-9-6-10-16-26)25-38-40(33(2,3)4,29-17-11-7-12-18-29)30-19-13-8-14-20-30;1-6-9(7(2)3)8(4)5;1-6-2-4-7(5-3-6)11(8,9)10;1-9(2)7-3-5-8-6-4-7/h1,7-25,34,38-39H,26-30H2,2-5H3;1,6-20,28,31-32,35H,21-25H2,2-4H3;7-8H,6H2,1-5H3;2-5H,1H3;3-6H,1-2H3/t34-,38-,39+;28-,31-,32+;;;/m00.../s1. The molecule has 1 aromatic heterocycles. The summed E-state index contributed by atoms with van der Waals surface area (Å²) in [7, 11) is -4.35. The predicted molar refractivity (Wildman–Crippen MR) is 485 cm³/mol. The van der Waals surface area contributed by atoms with E-state index >= 15 is 0 Å². The summed E-state index contributed by atoms with van der Waals surface area (Å²) in [6, 6.07) is 79.2. The first-order valence-corrected chi connectivity index (χ1v) is 47.7. The van der Waals surface area contributed by atoms with Crippen molar-refractivity contribution < 1.29 is 63.6 Å². The molecule has 119 heavy (non-hydrogen) atoms. The van der Waals surface area contributed by atoms with Crippen LogP contribution in [-0.4, -0.2) is 169 Å². The second-order valence-electron chi connectivity index (χ2n) is 31.8. The lowest BCUT2D eigenvalue weighted by molar-refractivity contribution is -0.107. The number of ether oxygens (including phenoxy) is 4. The van der Waals surface area contributed by atoms with E-state index in [9.17, 15) is 21.9 Å². The summed E-state index contributed by atoms with van der Waals surface area (Å²) < 4.78 is 92.9. The van der Waals surface area contributed by atoms with Crippen LogP contribution < -0.4 is 25.6 Å². The fourth-order valence-electron chi connectivity index (χ4n) is 13.8. The number of benzene rings is 8. The molecule has 0 bridgehead atoms. The molecule has 24 heteroatoms. The molecule has 636 valence electrons. The first kappa shape index (κ1) is 97.2. The van der Waals surface area contributed by atoms with E-state index in [2.05, 4.69) is 181 Å². The second kappa shape index (κ2) is 47.9. The Morgan fingerprint density at radius 1 is 0.504 bits per heavy atom. The second-order valence-corrected chi connectivity index (χ2v) is 44.5. The van der Waals surface area contributed by atoms with Crippen molar-refractivity contribution in [3.05, 3.63) is 277 Å². The minimum Gasteiger partial charge on any atom is -0.405 e. The normalized spacial score (nSPS) is 15.2. The number of terminal acetylenes is 2. The maximum absolute atomic E-state index is 13.4. The summed E-state index contributed by atoms with van der Waals surface area (Å²) in [6.45, 7) is 30.5. The molecule has 0 radical (unpaired) electrons. The van der Waals surface area contributed by atoms with Gasteiger partial charge in [-0.05, 0) is 126 Å². The molecule has 0 aliphatic carbocycles. The topological polar surface area (TPSA) is 216 Å². The Bertz CT molecular complexity index is 4730. The third-order valence-electron chi connectivity index (χ3n) is 19.9. The summed E-state index contributed by atoms with van der Waals surface area (Å²) in [4.78, 5) is 20.1. The Morgan fingerprint density at radius 2 is 0.857 bits per heavy atom. The van der Waals surface area contributed by atoms with Gasteiger partial charge in [0.1, 0.15) is 35.8 Å². The molecule has 0 unspecified atom stereocenters. The Labute approximate surface area is 715 Å². The number of hydrogen-bond acceptors (Lipinski definition) is 19. The molecule has 0 amide bonds. The molecule has 6 atom stereocenters. The maximum atomic E-state index is 13.4. The van der Waals surface area contributed by atoms with Gasteiger partial charge in [0.15, 0.2) is 12.2 Å². The Morgan fingerprint density at radius 3 is 1.17 bits per heavy atom. The number of hydrogen-bond donors (Lipinski definition) is 1. The van der Waals surface area contributed by atoms with Gasteiger partial charge in [0.25, 0.3) is 35.8 Å². The van der Waals surface area contributed by atoms with E-state index in [1.165, 1.54) is 40.3 Å². The van der Waals surface area contributed by atoms with Crippen molar-refractivity contribution in [2.24, 2.45) is 10.3 Å². The van der Waals surface area contributed by atoms with Gasteiger partial charge in [0.2, 0.25) is 0 Å². The summed E-state index contributed by atoms with van der Waals surface area (Å²) in [5, 5.41) is 22.9. The number of aliphatic hydroxyl groups is 1. The van der Waals surface area contributed by atoms with Crippen molar-refractivity contribution in [2.45, 2.75) is 185 Å². The molecule has 19 nitrogen and oxygen atoms in total. The van der Waals surface area contributed by atoms with E-state index < -0.39 is 72.4 Å². The number of halogens is 1. The summed E-state index contributed by atoms with van der Waals surface area (Å²) in [5.74, 6) is 5.15. The molecular formula is C95H120ClN5O14S2Si2. The van der Waals surface area contributed by atoms with Crippen molar-refractivity contribution in [3.8, 4) is 24.7 Å². The molecule has 0 fully saturated rings. The van der Waals surface area contributed by atoms with Gasteiger partial charge in [-0.15, -0.1) is 12.8 Å². The molecule has 0 saturated heterocycles. The van der Waals surface area contributed by atoms with E-state index in [0.717, 1.165) is 39.2 Å². The number of rotatable bonds is 34. The van der Waals surface area contributed by atoms with Gasteiger partial charge in [-0.25, -0.2) is 8.42 Å². The quantitative estimate of drug-likeness (QED) is 0.0172. The van der Waals surface area contributed by atoms with Gasteiger partial charge in [0.05, 0.1) is 62.6 Å². The zero-order valence-electron chi connectivity index (χ0n) is 71.5. The number of aryl methyl sites for hydroxylation is 2. The molecule has 9 aromatic rings. The Kier molecular flexibility index (Phi) is 39.1. The maximum Gasteiger partial charge on any atom is 0.297 e. The number of oxime groups is 2. The fourth-order valence-corrected chi connectivity index (χ4v) is 24.8. The molecule has 0 spiro atoms. The monoisotopic (exact) mass is 1710 g/mol. The molecule has 2 aliphatic rings. The average molecular weight is 1710 g/mol. The van der Waals surface area contributed by atoms with Gasteiger partial charge in [-0.3, -0.25) is 14.1 Å². The minimum atomic E-state index is -4.14. The highest BCUT2D eigenvalue weighted by Gasteiger charge is 2.53. The van der Waals surface area contributed by atoms with Gasteiger partial charge in [0, 0.05) is 67.8 Å². The summed E-state index contributed by atoms with van der Waals surface area (Å²) >= 11 is 0. The van der Waals surface area contributed by atoms with Crippen molar-refractivity contribution in [1.29, 1.82) is 0 Å². The Hall–Kier alpha value is -8.97. The third-order valence-corrected chi connectivity index (χ3v) is 32.6. The highest BCUT2D eigenvalue weighted by molar-refractivity contribution is 8.13. The van der Waals surface area contributed by atoms with Gasteiger partial charge in [-0.1, -0.05) is 288 Å². The first-order chi connectivity index (χ1) is 56.7. The third kappa shape index (κ3) is 30.0. The lowest BCUT2D eigenvalue weighted by Crippen LogP contribution is -2.67. The first-order valence-electron chi connectivity index (χ1n) is 40.1. The molecule has 1 N–H and O–H groups in total. The summed E-state index contributed by atoms with van der Waals surface area (Å²) in [6.07, 6.45) is 11.7. The van der Waals surface area contributed by atoms with Crippen LogP contribution in [0.15, 0.2) is 275 Å². The van der Waals surface area contributed by atoms with Crippen LogP contribution in [0.4, 0.5) is 5.69 Å². The van der Waals surface area contributed by atoms with Crippen LogP contribution in [0.25, 0.3) is 0 Å². The zero-order chi connectivity index (χ0) is 86.7. The smallest absolute Gasteiger partial charge is 0.297 e. The molecule has 3 heterocycles. The molecule has 8 aromatic carbocycles. The van der Waals surface area contributed by atoms with E-state index in [0.29, 0.717) is 43.0 Å². The molecule has 11 rings (SSSR count). The predicted octanol–water partition coefficient (Wildman–Crippen LogP) is 15.5. The van der Waals surface area contributed by atoms with Crippen LogP contribution in [0.2, 0.25) is 10.1 Å². The lowest BCUT2D eigenvalue weighted by Gasteiger charge is -2.44. The van der Waals surface area contributed by atoms with Crippen molar-refractivity contribution in [3.63, 3.8) is 0 Å². The Balaban J connectivity index is 0.000000247. The number of aliphatic hydroxyl groups excluding tert-OH is 1. The van der Waals surface area contributed by atoms with Crippen molar-refractivity contribution >= 4 is 84.3 Å². The average Bonchev–Trinajstić information content (AvgIpc) is 1.12. The fraction of sp³-hybridized carbons (Fsp3) is 0.379. The van der Waals surface area contributed by atoms with Crippen LogP contribution in [0.1, 0.15) is 111 Å². The number of nitrogens with zero attached hydrogens (tertiary/aromatic N) is 5. The largest absolute Gasteiger partial charge is 0.405 e. The number of pyridine rings is 1. The molecule has 2 aliphatic heterocycles. The lowest BCUT2D eigenvalue weighted by atomic mass is 10.1. The van der Waals surface area contributed by atoms with Gasteiger partial charge in [-0.2, -0.15) is 8.42 Å². The highest BCUT2D eigenvalue weighted by atomic mass is 35.7. The van der Waals surface area contributed by atoms with E-state index in [1.807, 2.05) is 154 Å². The molecular weight excluding hydrogens is 1590 g/mol. The van der Waals surface area contributed by atoms with Crippen LogP contribution in [0.5, 0.6) is 0 Å². The van der Waals surface area contributed by atoms with E-state index in [1.54, 1.807) is 36.7 Å². The highest BCUT2D eigenvalue weighted by Crippen LogP contribution is 2.39. The van der Waals surface area contributed by atoms with Crippen LogP contribution in [0, 0.1) is 38.5 Å². The van der Waals surface area contributed by atoms with E-state index in [4.69, 9.17) is 65.2 Å². The summed E-state index contributed by atoms with van der Waals surface area (Å²) in [5.41, 5.74) is 6.13. The minimum absolute atomic E-state index is 0.0418. The van der Waals surface area contributed by atoms with Crippen LogP contribution in [-0.2, 0) is 74.0 Å².